The van der Waals surface area contributed by atoms with Crippen molar-refractivity contribution in [3.63, 3.8) is 0 Å². The van der Waals surface area contributed by atoms with Crippen molar-refractivity contribution in [1.82, 2.24) is 0 Å². The van der Waals surface area contributed by atoms with Gasteiger partial charge in [-0.3, -0.25) is 4.84 Å². The standard InChI is InChI=1S/C5H9NO4/c7-6(8)10-5-3-1-2-4-9-5/h5H,1-4H2. The summed E-state index contributed by atoms with van der Waals surface area (Å²) in [6.07, 6.45) is 1.92. The molecule has 0 N–H and O–H groups in total. The van der Waals surface area contributed by atoms with E-state index in [4.69, 9.17) is 4.74 Å². The number of nitrogens with zero attached hydrogens (tertiary/aromatic N) is 1. The highest BCUT2D eigenvalue weighted by Gasteiger charge is 2.16. The lowest BCUT2D eigenvalue weighted by molar-refractivity contribution is -0.781. The molecule has 0 aromatic rings. The van der Waals surface area contributed by atoms with Gasteiger partial charge in [0.25, 0.3) is 5.09 Å². The van der Waals surface area contributed by atoms with Crippen LogP contribution in [0.2, 0.25) is 0 Å². The molecule has 5 nitrogen and oxygen atoms in total. The Labute approximate surface area is 58.0 Å². The normalized spacial score (nSPS) is 25.8. The quantitative estimate of drug-likeness (QED) is 0.426. The summed E-state index contributed by atoms with van der Waals surface area (Å²) in [4.78, 5) is 14.0. The third-order valence-electron chi connectivity index (χ3n) is 1.34. The summed E-state index contributed by atoms with van der Waals surface area (Å²) in [5.41, 5.74) is 0. The zero-order valence-corrected chi connectivity index (χ0v) is 5.49. The predicted molar refractivity (Wildman–Crippen MR) is 31.7 cm³/mol. The smallest absolute Gasteiger partial charge is 0.297 e. The van der Waals surface area contributed by atoms with Gasteiger partial charge in [0, 0.05) is 6.61 Å². The van der Waals surface area contributed by atoms with Crippen LogP contribution >= 0.6 is 0 Å². The van der Waals surface area contributed by atoms with Gasteiger partial charge in [-0.05, 0) is 19.3 Å². The largest absolute Gasteiger partial charge is 0.352 e. The van der Waals surface area contributed by atoms with Gasteiger partial charge in [0.05, 0.1) is 0 Å². The Morgan fingerprint density at radius 2 is 2.40 bits per heavy atom. The van der Waals surface area contributed by atoms with Crippen molar-refractivity contribution < 1.29 is 14.7 Å². The Kier molecular flexibility index (Phi) is 2.44. The molecule has 10 heavy (non-hydrogen) atoms. The highest BCUT2D eigenvalue weighted by molar-refractivity contribution is 4.51. The van der Waals surface area contributed by atoms with Crippen molar-refractivity contribution >= 4 is 0 Å². The minimum absolute atomic E-state index is 0.568. The summed E-state index contributed by atoms with van der Waals surface area (Å²) < 4.78 is 4.92. The Morgan fingerprint density at radius 3 is 2.90 bits per heavy atom. The monoisotopic (exact) mass is 147 g/mol. The summed E-state index contributed by atoms with van der Waals surface area (Å²) in [6, 6.07) is 0. The minimum atomic E-state index is -0.810. The van der Waals surface area contributed by atoms with Crippen LogP contribution in [0.5, 0.6) is 0 Å². The molecule has 0 amide bonds. The van der Waals surface area contributed by atoms with E-state index in [2.05, 4.69) is 4.84 Å². The topological polar surface area (TPSA) is 61.6 Å². The van der Waals surface area contributed by atoms with Crippen LogP contribution in [-0.2, 0) is 9.57 Å². The lowest BCUT2D eigenvalue weighted by Crippen LogP contribution is -2.24. The van der Waals surface area contributed by atoms with Gasteiger partial charge in [0.2, 0.25) is 6.29 Å². The Morgan fingerprint density at radius 1 is 1.60 bits per heavy atom. The molecular weight excluding hydrogens is 138 g/mol. The summed E-state index contributed by atoms with van der Waals surface area (Å²) in [7, 11) is 0. The first-order valence-corrected chi connectivity index (χ1v) is 3.22. The molecule has 5 heteroatoms. The molecule has 0 spiro atoms. The summed E-state index contributed by atoms with van der Waals surface area (Å²) in [5, 5.41) is 8.96. The van der Waals surface area contributed by atoms with Gasteiger partial charge in [-0.1, -0.05) is 0 Å². The fourth-order valence-electron chi connectivity index (χ4n) is 0.890. The Balaban J connectivity index is 2.19. The van der Waals surface area contributed by atoms with Crippen LogP contribution in [0.4, 0.5) is 0 Å². The third-order valence-corrected chi connectivity index (χ3v) is 1.34. The first kappa shape index (κ1) is 7.27. The lowest BCUT2D eigenvalue weighted by atomic mass is 10.2. The van der Waals surface area contributed by atoms with Crippen LogP contribution in [0, 0.1) is 10.1 Å². The highest BCUT2D eigenvalue weighted by atomic mass is 17.0. The number of ether oxygens (including phenoxy) is 1. The maximum Gasteiger partial charge on any atom is 0.297 e. The number of hydrogen-bond acceptors (Lipinski definition) is 4. The van der Waals surface area contributed by atoms with Crippen molar-refractivity contribution in [1.29, 1.82) is 0 Å². The Hall–Kier alpha value is -0.840. The van der Waals surface area contributed by atoms with Crippen LogP contribution in [0.15, 0.2) is 0 Å². The molecule has 1 saturated heterocycles. The average molecular weight is 147 g/mol. The zero-order valence-electron chi connectivity index (χ0n) is 5.49. The maximum absolute atomic E-state index is 9.77. The fraction of sp³-hybridized carbons (Fsp3) is 1.00. The van der Waals surface area contributed by atoms with E-state index in [9.17, 15) is 10.1 Å². The van der Waals surface area contributed by atoms with E-state index < -0.39 is 11.4 Å². The van der Waals surface area contributed by atoms with Gasteiger partial charge in [0.15, 0.2) is 0 Å². The van der Waals surface area contributed by atoms with Crippen LogP contribution in [0.3, 0.4) is 0 Å². The van der Waals surface area contributed by atoms with E-state index in [1.54, 1.807) is 0 Å². The predicted octanol–water partition coefficient (Wildman–Crippen LogP) is 0.721. The van der Waals surface area contributed by atoms with Crippen LogP contribution in [0.1, 0.15) is 19.3 Å². The number of rotatable bonds is 2. The van der Waals surface area contributed by atoms with Crippen molar-refractivity contribution in [2.75, 3.05) is 6.61 Å². The molecule has 58 valence electrons. The fourth-order valence-corrected chi connectivity index (χ4v) is 0.890. The summed E-state index contributed by atoms with van der Waals surface area (Å²) >= 11 is 0. The molecule has 1 aliphatic heterocycles. The first-order valence-electron chi connectivity index (χ1n) is 3.22. The third kappa shape index (κ3) is 2.18. The number of hydrogen-bond donors (Lipinski definition) is 0. The molecule has 1 aliphatic rings. The molecule has 1 rings (SSSR count). The highest BCUT2D eigenvalue weighted by Crippen LogP contribution is 2.13. The van der Waals surface area contributed by atoms with Gasteiger partial charge < -0.3 is 4.74 Å². The van der Waals surface area contributed by atoms with Gasteiger partial charge >= 0.3 is 0 Å². The average Bonchev–Trinajstić information content (AvgIpc) is 1.88. The van der Waals surface area contributed by atoms with E-state index in [0.29, 0.717) is 13.0 Å². The van der Waals surface area contributed by atoms with E-state index in [0.717, 1.165) is 12.8 Å². The van der Waals surface area contributed by atoms with Crippen molar-refractivity contribution in [3.8, 4) is 0 Å². The van der Waals surface area contributed by atoms with Gasteiger partial charge in [0.1, 0.15) is 0 Å². The molecule has 0 aromatic carbocycles. The van der Waals surface area contributed by atoms with Gasteiger partial charge in [-0.15, -0.1) is 10.1 Å². The molecule has 0 saturated carbocycles. The second-order valence-corrected chi connectivity index (χ2v) is 2.13. The molecule has 1 heterocycles. The second-order valence-electron chi connectivity index (χ2n) is 2.13. The van der Waals surface area contributed by atoms with Gasteiger partial charge in [-0.25, -0.2) is 0 Å². The van der Waals surface area contributed by atoms with Crippen LogP contribution in [-0.4, -0.2) is 18.0 Å². The van der Waals surface area contributed by atoms with Crippen molar-refractivity contribution in [2.24, 2.45) is 0 Å². The van der Waals surface area contributed by atoms with Crippen molar-refractivity contribution in [2.45, 2.75) is 25.6 Å². The summed E-state index contributed by atoms with van der Waals surface area (Å²) in [6.45, 7) is 0.568. The molecule has 1 atom stereocenters. The first-order chi connectivity index (χ1) is 4.79. The van der Waals surface area contributed by atoms with E-state index in [1.165, 1.54) is 0 Å². The minimum Gasteiger partial charge on any atom is -0.352 e. The maximum atomic E-state index is 9.77. The summed E-state index contributed by atoms with van der Waals surface area (Å²) in [5.74, 6) is 0. The van der Waals surface area contributed by atoms with Crippen molar-refractivity contribution in [3.05, 3.63) is 10.1 Å². The zero-order chi connectivity index (χ0) is 7.40. The molecule has 1 unspecified atom stereocenters. The second kappa shape index (κ2) is 3.36. The Bertz CT molecular complexity index is 121. The molecule has 0 aromatic heterocycles. The van der Waals surface area contributed by atoms with Crippen LogP contribution < -0.4 is 0 Å². The van der Waals surface area contributed by atoms with E-state index in [1.807, 2.05) is 0 Å². The molecule has 0 bridgehead atoms. The SMILES string of the molecule is O=[N+]([O-])OC1CCCCO1. The lowest BCUT2D eigenvalue weighted by Gasteiger charge is -2.19. The molecule has 0 radical (unpaired) electrons. The molecular formula is C5H9NO4. The molecule has 1 fully saturated rings. The molecule has 0 aliphatic carbocycles. The van der Waals surface area contributed by atoms with Gasteiger partial charge in [-0.2, -0.15) is 0 Å². The van der Waals surface area contributed by atoms with Crippen LogP contribution in [0.25, 0.3) is 0 Å². The van der Waals surface area contributed by atoms with E-state index in [-0.39, 0.29) is 0 Å². The van der Waals surface area contributed by atoms with E-state index >= 15 is 0 Å².